The van der Waals surface area contributed by atoms with Crippen LogP contribution in [0.1, 0.15) is 24.8 Å². The van der Waals surface area contributed by atoms with Crippen molar-refractivity contribution < 1.29 is 4.74 Å². The number of hydrogen-bond donors (Lipinski definition) is 0. The van der Waals surface area contributed by atoms with Crippen LogP contribution in [0.5, 0.6) is 5.75 Å². The first-order valence-electron chi connectivity index (χ1n) is 7.70. The quantitative estimate of drug-likeness (QED) is 0.472. The van der Waals surface area contributed by atoms with Gasteiger partial charge in [0.25, 0.3) is 0 Å². The van der Waals surface area contributed by atoms with Crippen molar-refractivity contribution in [3.05, 3.63) is 45.2 Å². The molecule has 0 saturated heterocycles. The highest BCUT2D eigenvalue weighted by atomic mass is 35.5. The largest absolute Gasteiger partial charge is 0.496 e. The smallest absolute Gasteiger partial charge is 0.207 e. The lowest BCUT2D eigenvalue weighted by molar-refractivity contribution is 0.274. The molecule has 1 aromatic heterocycles. The minimum absolute atomic E-state index is 0.307. The summed E-state index contributed by atoms with van der Waals surface area (Å²) in [6.07, 6.45) is 7.69. The molecule has 2 aromatic rings. The van der Waals surface area contributed by atoms with E-state index in [2.05, 4.69) is 14.6 Å². The molecule has 1 fully saturated rings. The van der Waals surface area contributed by atoms with Crippen molar-refractivity contribution in [3.8, 4) is 11.9 Å². The van der Waals surface area contributed by atoms with Crippen LogP contribution in [-0.2, 0) is 6.54 Å². The summed E-state index contributed by atoms with van der Waals surface area (Å²) in [4.78, 5) is 9.31. The first kappa shape index (κ1) is 16.7. The number of ether oxygens (including phenoxy) is 1. The molecule has 0 amide bonds. The van der Waals surface area contributed by atoms with Gasteiger partial charge in [0, 0.05) is 23.1 Å². The summed E-state index contributed by atoms with van der Waals surface area (Å²) >= 11 is 7.61. The summed E-state index contributed by atoms with van der Waals surface area (Å²) in [6, 6.07) is 5.19. The summed E-state index contributed by atoms with van der Waals surface area (Å²) in [5.41, 5.74) is 0.607. The Kier molecular flexibility index (Phi) is 5.34. The van der Waals surface area contributed by atoms with E-state index in [-0.39, 0.29) is 0 Å². The number of halogens is 1. The first-order valence-corrected chi connectivity index (χ1v) is 8.96. The lowest BCUT2D eigenvalue weighted by Gasteiger charge is -2.25. The number of methoxy groups -OCH3 is 1. The van der Waals surface area contributed by atoms with Crippen LogP contribution in [0.4, 0.5) is 0 Å². The van der Waals surface area contributed by atoms with Crippen molar-refractivity contribution in [2.75, 3.05) is 7.11 Å². The second-order valence-corrected chi connectivity index (χ2v) is 6.94. The average molecular weight is 361 g/mol. The Morgan fingerprint density at radius 2 is 2.33 bits per heavy atom. The number of rotatable bonds is 4. The van der Waals surface area contributed by atoms with Gasteiger partial charge >= 0.3 is 0 Å². The predicted molar refractivity (Wildman–Crippen MR) is 95.4 cm³/mol. The first-order chi connectivity index (χ1) is 11.7. The molecule has 0 bridgehead atoms. The zero-order chi connectivity index (χ0) is 16.9. The second kappa shape index (κ2) is 7.65. The molecule has 0 spiro atoms. The normalized spacial score (nSPS) is 15.9. The van der Waals surface area contributed by atoms with Gasteiger partial charge in [0.1, 0.15) is 5.75 Å². The fourth-order valence-electron chi connectivity index (χ4n) is 2.62. The summed E-state index contributed by atoms with van der Waals surface area (Å²) < 4.78 is 7.48. The lowest BCUT2D eigenvalue weighted by Crippen LogP contribution is -2.24. The van der Waals surface area contributed by atoms with Crippen LogP contribution in [0.3, 0.4) is 0 Å². The van der Waals surface area contributed by atoms with Gasteiger partial charge in [-0.1, -0.05) is 18.0 Å². The molecule has 0 N–H and O–H groups in total. The Hall–Kier alpha value is -2.10. The average Bonchev–Trinajstić information content (AvgIpc) is 2.97. The van der Waals surface area contributed by atoms with Gasteiger partial charge in [0.15, 0.2) is 10.6 Å². The van der Waals surface area contributed by atoms with Crippen LogP contribution in [0.2, 0.25) is 5.02 Å². The number of aliphatic imine (C=N–C) groups is 1. The van der Waals surface area contributed by atoms with Crippen molar-refractivity contribution in [1.29, 1.82) is 5.26 Å². The van der Waals surface area contributed by atoms with Gasteiger partial charge in [-0.05, 0) is 37.0 Å². The third kappa shape index (κ3) is 3.69. The molecule has 0 atom stereocenters. The molecular weight excluding hydrogens is 344 g/mol. The molecule has 1 aliphatic rings. The topological polar surface area (TPSA) is 62.7 Å². The molecule has 1 saturated carbocycles. The SMILES string of the molecule is COc1ccc(Cl)cc1C(=N/C#N)/N=c1\sccn1CC1CCC1. The highest BCUT2D eigenvalue weighted by molar-refractivity contribution is 7.07. The maximum atomic E-state index is 9.05. The number of amidine groups is 1. The van der Waals surface area contributed by atoms with Crippen LogP contribution in [0.25, 0.3) is 0 Å². The van der Waals surface area contributed by atoms with Gasteiger partial charge in [0.2, 0.25) is 6.19 Å². The summed E-state index contributed by atoms with van der Waals surface area (Å²) in [7, 11) is 1.57. The van der Waals surface area contributed by atoms with E-state index < -0.39 is 0 Å². The van der Waals surface area contributed by atoms with E-state index >= 15 is 0 Å². The third-order valence-electron chi connectivity index (χ3n) is 4.10. The van der Waals surface area contributed by atoms with Gasteiger partial charge in [-0.15, -0.1) is 11.3 Å². The Balaban J connectivity index is 2.02. The van der Waals surface area contributed by atoms with E-state index in [4.69, 9.17) is 21.6 Å². The van der Waals surface area contributed by atoms with Crippen LogP contribution in [-0.4, -0.2) is 17.5 Å². The highest BCUT2D eigenvalue weighted by Gasteiger charge is 2.18. The number of hydrogen-bond acceptors (Lipinski definition) is 4. The predicted octanol–water partition coefficient (Wildman–Crippen LogP) is 3.84. The zero-order valence-electron chi connectivity index (χ0n) is 13.3. The van der Waals surface area contributed by atoms with Gasteiger partial charge in [-0.3, -0.25) is 0 Å². The maximum absolute atomic E-state index is 9.05. The molecule has 1 heterocycles. The maximum Gasteiger partial charge on any atom is 0.207 e. The van der Waals surface area contributed by atoms with Crippen LogP contribution in [0.15, 0.2) is 39.8 Å². The van der Waals surface area contributed by atoms with E-state index in [1.54, 1.807) is 25.3 Å². The standard InChI is InChI=1S/C17H17ClN4OS/c1-23-15-6-5-13(18)9-14(15)16(20-11-19)21-17-22(7-8-24-17)10-12-3-2-4-12/h5-9,12H,2-4,10H2,1H3/b20-16-,21-17-. The molecule has 5 nitrogen and oxygen atoms in total. The molecule has 0 radical (unpaired) electrons. The number of benzene rings is 1. The molecule has 0 aliphatic heterocycles. The Bertz CT molecular complexity index is 858. The fourth-order valence-corrected chi connectivity index (χ4v) is 3.53. The van der Waals surface area contributed by atoms with E-state index in [1.165, 1.54) is 30.6 Å². The van der Waals surface area contributed by atoms with E-state index in [0.29, 0.717) is 22.2 Å². The van der Waals surface area contributed by atoms with E-state index in [1.807, 2.05) is 17.8 Å². The van der Waals surface area contributed by atoms with Crippen molar-refractivity contribution in [2.24, 2.45) is 15.9 Å². The number of nitrogens with zero attached hydrogens (tertiary/aromatic N) is 4. The summed E-state index contributed by atoms with van der Waals surface area (Å²) in [6.45, 7) is 0.953. The molecule has 24 heavy (non-hydrogen) atoms. The fraction of sp³-hybridized carbons (Fsp3) is 0.353. The Morgan fingerprint density at radius 1 is 1.50 bits per heavy atom. The van der Waals surface area contributed by atoms with E-state index in [9.17, 15) is 0 Å². The molecule has 0 unspecified atom stereocenters. The van der Waals surface area contributed by atoms with Crippen LogP contribution >= 0.6 is 22.9 Å². The molecule has 124 valence electrons. The van der Waals surface area contributed by atoms with Crippen LogP contribution < -0.4 is 9.54 Å². The van der Waals surface area contributed by atoms with Gasteiger partial charge < -0.3 is 9.30 Å². The van der Waals surface area contributed by atoms with Crippen molar-refractivity contribution in [3.63, 3.8) is 0 Å². The number of thiazole rings is 1. The van der Waals surface area contributed by atoms with Crippen molar-refractivity contribution >= 4 is 28.8 Å². The van der Waals surface area contributed by atoms with Crippen LogP contribution in [0, 0.1) is 17.4 Å². The minimum Gasteiger partial charge on any atom is -0.496 e. The molecule has 3 rings (SSSR count). The third-order valence-corrected chi connectivity index (χ3v) is 5.13. The Morgan fingerprint density at radius 3 is 3.00 bits per heavy atom. The van der Waals surface area contributed by atoms with Crippen molar-refractivity contribution in [2.45, 2.75) is 25.8 Å². The Labute approximate surface area is 149 Å². The van der Waals surface area contributed by atoms with Crippen molar-refractivity contribution in [1.82, 2.24) is 4.57 Å². The minimum atomic E-state index is 0.307. The number of aromatic nitrogens is 1. The molecule has 7 heteroatoms. The monoisotopic (exact) mass is 360 g/mol. The van der Waals surface area contributed by atoms with E-state index in [0.717, 1.165) is 17.3 Å². The molecule has 1 aromatic carbocycles. The zero-order valence-corrected chi connectivity index (χ0v) is 14.8. The second-order valence-electron chi connectivity index (χ2n) is 5.63. The van der Waals surface area contributed by atoms with Gasteiger partial charge in [-0.2, -0.15) is 15.2 Å². The van der Waals surface area contributed by atoms with Gasteiger partial charge in [-0.25, -0.2) is 0 Å². The number of nitriles is 1. The lowest BCUT2D eigenvalue weighted by atomic mass is 9.85. The molecule has 1 aliphatic carbocycles. The van der Waals surface area contributed by atoms with Gasteiger partial charge in [0.05, 0.1) is 12.7 Å². The highest BCUT2D eigenvalue weighted by Crippen LogP contribution is 2.27. The summed E-state index contributed by atoms with van der Waals surface area (Å²) in [5.74, 6) is 1.61. The summed E-state index contributed by atoms with van der Waals surface area (Å²) in [5, 5.41) is 11.6. The molecular formula is C17H17ClN4OS.